The second kappa shape index (κ2) is 7.17. The van der Waals surface area contributed by atoms with E-state index in [-0.39, 0.29) is 12.5 Å². The molecule has 0 radical (unpaired) electrons. The molecule has 124 valence electrons. The Morgan fingerprint density at radius 2 is 2.09 bits per heavy atom. The van der Waals surface area contributed by atoms with Crippen LogP contribution in [0.25, 0.3) is 11.0 Å². The molecule has 1 aromatic carbocycles. The van der Waals surface area contributed by atoms with Gasteiger partial charge in [-0.05, 0) is 31.5 Å². The van der Waals surface area contributed by atoms with Crippen molar-refractivity contribution in [3.8, 4) is 5.75 Å². The summed E-state index contributed by atoms with van der Waals surface area (Å²) in [4.78, 5) is 25.7. The molecule has 2 rings (SSSR count). The average Bonchev–Trinajstić information content (AvgIpc) is 2.85. The summed E-state index contributed by atoms with van der Waals surface area (Å²) >= 11 is 0. The highest BCUT2D eigenvalue weighted by Gasteiger charge is 2.24. The lowest BCUT2D eigenvalue weighted by Crippen LogP contribution is -2.39. The number of aryl methyl sites for hydroxylation is 1. The van der Waals surface area contributed by atoms with E-state index in [9.17, 15) is 9.59 Å². The Bertz CT molecular complexity index is 721. The largest absolute Gasteiger partial charge is 0.497 e. The summed E-state index contributed by atoms with van der Waals surface area (Å²) in [7, 11) is 1.57. The molecule has 0 aliphatic rings. The third kappa shape index (κ3) is 3.64. The smallest absolute Gasteiger partial charge is 0.258 e. The van der Waals surface area contributed by atoms with Crippen molar-refractivity contribution in [3.63, 3.8) is 0 Å². The van der Waals surface area contributed by atoms with Crippen LogP contribution >= 0.6 is 0 Å². The van der Waals surface area contributed by atoms with Crippen molar-refractivity contribution in [1.29, 1.82) is 0 Å². The van der Waals surface area contributed by atoms with Crippen LogP contribution in [0.2, 0.25) is 0 Å². The zero-order valence-electron chi connectivity index (χ0n) is 13.7. The number of primary amides is 1. The number of hydrogen-bond donors (Lipinski definition) is 1. The number of rotatable bonds is 7. The molecule has 6 heteroatoms. The zero-order valence-corrected chi connectivity index (χ0v) is 13.7. The Hall–Kier alpha value is -2.50. The van der Waals surface area contributed by atoms with Crippen molar-refractivity contribution in [2.75, 3.05) is 20.2 Å². The molecule has 0 fully saturated rings. The standard InChI is InChI=1S/C17H22N2O4/c1-4-5-8-19(10-15(18)20)17(21)16-11(2)23-14-7-6-12(22-3)9-13(14)16/h6-7,9H,4-5,8,10H2,1-3H3,(H2,18,20). The predicted molar refractivity (Wildman–Crippen MR) is 87.5 cm³/mol. The van der Waals surface area contributed by atoms with Gasteiger partial charge in [0.15, 0.2) is 0 Å². The SMILES string of the molecule is CCCCN(CC(N)=O)C(=O)c1c(C)oc2ccc(OC)cc12. The second-order valence-electron chi connectivity index (χ2n) is 5.44. The number of nitrogens with two attached hydrogens (primary N) is 1. The van der Waals surface area contributed by atoms with Crippen LogP contribution in [0.15, 0.2) is 22.6 Å². The van der Waals surface area contributed by atoms with Crippen molar-refractivity contribution in [2.45, 2.75) is 26.7 Å². The first kappa shape index (κ1) is 16.9. The van der Waals surface area contributed by atoms with Gasteiger partial charge < -0.3 is 19.8 Å². The first-order chi connectivity index (χ1) is 11.0. The maximum absolute atomic E-state index is 12.9. The van der Waals surface area contributed by atoms with Gasteiger partial charge in [-0.25, -0.2) is 0 Å². The van der Waals surface area contributed by atoms with Crippen molar-refractivity contribution in [3.05, 3.63) is 29.5 Å². The first-order valence-electron chi connectivity index (χ1n) is 7.62. The Kier molecular flexibility index (Phi) is 5.26. The highest BCUT2D eigenvalue weighted by Crippen LogP contribution is 2.30. The summed E-state index contributed by atoms with van der Waals surface area (Å²) in [6.07, 6.45) is 1.72. The minimum absolute atomic E-state index is 0.102. The quantitative estimate of drug-likeness (QED) is 0.849. The molecular formula is C17H22N2O4. The molecule has 23 heavy (non-hydrogen) atoms. The van der Waals surface area contributed by atoms with Gasteiger partial charge in [0.05, 0.1) is 19.2 Å². The van der Waals surface area contributed by atoms with Gasteiger partial charge in [-0.15, -0.1) is 0 Å². The summed E-state index contributed by atoms with van der Waals surface area (Å²) < 4.78 is 10.9. The molecular weight excluding hydrogens is 296 g/mol. The fourth-order valence-corrected chi connectivity index (χ4v) is 2.54. The van der Waals surface area contributed by atoms with Crippen molar-refractivity contribution in [2.24, 2.45) is 5.73 Å². The van der Waals surface area contributed by atoms with Gasteiger partial charge in [-0.3, -0.25) is 9.59 Å². The van der Waals surface area contributed by atoms with Gasteiger partial charge in [-0.2, -0.15) is 0 Å². The molecule has 1 heterocycles. The number of carbonyl (C=O) groups is 2. The lowest BCUT2D eigenvalue weighted by molar-refractivity contribution is -0.118. The third-order valence-electron chi connectivity index (χ3n) is 3.70. The second-order valence-corrected chi connectivity index (χ2v) is 5.44. The first-order valence-corrected chi connectivity index (χ1v) is 7.62. The maximum Gasteiger partial charge on any atom is 0.258 e. The molecule has 0 saturated heterocycles. The predicted octanol–water partition coefficient (Wildman–Crippen LogP) is 2.48. The summed E-state index contributed by atoms with van der Waals surface area (Å²) in [5.41, 5.74) is 6.34. The maximum atomic E-state index is 12.9. The number of nitrogens with zero attached hydrogens (tertiary/aromatic N) is 1. The Balaban J connectivity index is 2.44. The van der Waals surface area contributed by atoms with Gasteiger partial charge >= 0.3 is 0 Å². The number of amides is 2. The summed E-state index contributed by atoms with van der Waals surface area (Å²) in [6.45, 7) is 4.14. The topological polar surface area (TPSA) is 85.8 Å². The van der Waals surface area contributed by atoms with E-state index < -0.39 is 5.91 Å². The molecule has 2 amide bonds. The van der Waals surface area contributed by atoms with E-state index in [4.69, 9.17) is 14.9 Å². The highest BCUT2D eigenvalue weighted by atomic mass is 16.5. The summed E-state index contributed by atoms with van der Waals surface area (Å²) in [5, 5.41) is 0.679. The fraction of sp³-hybridized carbons (Fsp3) is 0.412. The molecule has 6 nitrogen and oxygen atoms in total. The van der Waals surface area contributed by atoms with Crippen LogP contribution in [-0.4, -0.2) is 36.9 Å². The van der Waals surface area contributed by atoms with Gasteiger partial charge in [-0.1, -0.05) is 13.3 Å². The number of methoxy groups -OCH3 is 1. The van der Waals surface area contributed by atoms with Gasteiger partial charge in [0, 0.05) is 11.9 Å². The van der Waals surface area contributed by atoms with Crippen molar-refractivity contribution >= 4 is 22.8 Å². The van der Waals surface area contributed by atoms with Crippen LogP contribution in [-0.2, 0) is 4.79 Å². The third-order valence-corrected chi connectivity index (χ3v) is 3.70. The van der Waals surface area contributed by atoms with Gasteiger partial charge in [0.2, 0.25) is 5.91 Å². The Labute approximate surface area is 135 Å². The van der Waals surface area contributed by atoms with E-state index >= 15 is 0 Å². The minimum atomic E-state index is -0.530. The van der Waals surface area contributed by atoms with E-state index in [0.29, 0.717) is 34.6 Å². The van der Waals surface area contributed by atoms with Crippen LogP contribution in [0, 0.1) is 6.92 Å². The number of unbranched alkanes of at least 4 members (excludes halogenated alkanes) is 1. The van der Waals surface area contributed by atoms with Crippen LogP contribution in [0.4, 0.5) is 0 Å². The van der Waals surface area contributed by atoms with Crippen molar-refractivity contribution in [1.82, 2.24) is 4.90 Å². The highest BCUT2D eigenvalue weighted by molar-refractivity contribution is 6.08. The number of ether oxygens (including phenoxy) is 1. The van der Waals surface area contributed by atoms with E-state index in [1.165, 1.54) is 4.90 Å². The molecule has 2 aromatic rings. The zero-order chi connectivity index (χ0) is 17.0. The molecule has 0 aliphatic carbocycles. The number of hydrogen-bond acceptors (Lipinski definition) is 4. The van der Waals surface area contributed by atoms with Crippen molar-refractivity contribution < 1.29 is 18.7 Å². The number of furan rings is 1. The van der Waals surface area contributed by atoms with E-state index in [2.05, 4.69) is 0 Å². The normalized spacial score (nSPS) is 10.7. The monoisotopic (exact) mass is 318 g/mol. The lowest BCUT2D eigenvalue weighted by atomic mass is 10.1. The molecule has 0 spiro atoms. The number of carbonyl (C=O) groups excluding carboxylic acids is 2. The summed E-state index contributed by atoms with van der Waals surface area (Å²) in [5.74, 6) is 0.380. The van der Waals surface area contributed by atoms with E-state index in [1.54, 1.807) is 32.2 Å². The number of benzene rings is 1. The number of fused-ring (bicyclic) bond motifs is 1. The van der Waals surface area contributed by atoms with E-state index in [0.717, 1.165) is 12.8 Å². The fourth-order valence-electron chi connectivity index (χ4n) is 2.54. The van der Waals surface area contributed by atoms with Crippen LogP contribution < -0.4 is 10.5 Å². The lowest BCUT2D eigenvalue weighted by Gasteiger charge is -2.20. The van der Waals surface area contributed by atoms with Crippen LogP contribution in [0.3, 0.4) is 0 Å². The molecule has 1 aromatic heterocycles. The van der Waals surface area contributed by atoms with Gasteiger partial charge in [0.1, 0.15) is 17.1 Å². The molecule has 0 aliphatic heterocycles. The average molecular weight is 318 g/mol. The van der Waals surface area contributed by atoms with Gasteiger partial charge in [0.25, 0.3) is 5.91 Å². The molecule has 0 saturated carbocycles. The molecule has 0 atom stereocenters. The molecule has 0 bridgehead atoms. The minimum Gasteiger partial charge on any atom is -0.497 e. The Morgan fingerprint density at radius 1 is 1.35 bits per heavy atom. The van der Waals surface area contributed by atoms with E-state index in [1.807, 2.05) is 6.92 Å². The summed E-state index contributed by atoms with van der Waals surface area (Å²) in [6, 6.07) is 5.31. The Morgan fingerprint density at radius 3 is 2.70 bits per heavy atom. The van der Waals surface area contributed by atoms with Crippen LogP contribution in [0.5, 0.6) is 5.75 Å². The molecule has 0 unspecified atom stereocenters. The van der Waals surface area contributed by atoms with Crippen LogP contribution in [0.1, 0.15) is 35.9 Å². The molecule has 2 N–H and O–H groups in total.